The second kappa shape index (κ2) is 8.03. The van der Waals surface area contributed by atoms with Crippen LogP contribution in [0.3, 0.4) is 0 Å². The van der Waals surface area contributed by atoms with E-state index in [4.69, 9.17) is 14.5 Å². The predicted octanol–water partition coefficient (Wildman–Crippen LogP) is 4.50. The topological polar surface area (TPSA) is 65.5 Å². The molecule has 1 aliphatic carbocycles. The Morgan fingerprint density at radius 3 is 2.59 bits per heavy atom. The van der Waals surface area contributed by atoms with Gasteiger partial charge < -0.3 is 9.47 Å². The zero-order chi connectivity index (χ0) is 20.4. The Morgan fingerprint density at radius 2 is 1.83 bits per heavy atom. The number of benzene rings is 2. The normalized spacial score (nSPS) is 15.6. The lowest BCUT2D eigenvalue weighted by atomic mass is 9.84. The lowest BCUT2D eigenvalue weighted by molar-refractivity contribution is 0.0471. The number of hydrogen-bond acceptors (Lipinski definition) is 5. The van der Waals surface area contributed by atoms with Crippen LogP contribution in [0.2, 0.25) is 0 Å². The molecule has 5 nitrogen and oxygen atoms in total. The molecule has 0 unspecified atom stereocenters. The minimum Gasteiger partial charge on any atom is -0.465 e. The Morgan fingerprint density at radius 1 is 1.07 bits per heavy atom. The lowest BCUT2D eigenvalue weighted by Gasteiger charge is -2.24. The first-order valence-electron chi connectivity index (χ1n) is 9.81. The number of ether oxygens (including phenoxy) is 2. The highest BCUT2D eigenvalue weighted by atomic mass is 16.5. The molecule has 0 aliphatic heterocycles. The van der Waals surface area contributed by atoms with Gasteiger partial charge in [0, 0.05) is 11.1 Å². The number of nitrogens with zero attached hydrogens (tertiary/aromatic N) is 1. The van der Waals surface area contributed by atoms with E-state index in [0.717, 1.165) is 47.0 Å². The first kappa shape index (κ1) is 19.1. The summed E-state index contributed by atoms with van der Waals surface area (Å²) in [6, 6.07) is 14.6. The van der Waals surface area contributed by atoms with Gasteiger partial charge in [-0.1, -0.05) is 37.3 Å². The Bertz CT molecular complexity index is 1070. The third-order valence-corrected chi connectivity index (χ3v) is 5.45. The minimum absolute atomic E-state index is 0.140. The molecule has 0 fully saturated rings. The van der Waals surface area contributed by atoms with Crippen molar-refractivity contribution in [1.82, 2.24) is 4.98 Å². The maximum Gasteiger partial charge on any atom is 0.339 e. The minimum atomic E-state index is -0.391. The second-order valence-corrected chi connectivity index (χ2v) is 7.54. The highest BCUT2D eigenvalue weighted by Crippen LogP contribution is 2.32. The number of carbonyl (C=O) groups is 2. The molecule has 0 amide bonds. The number of rotatable bonds is 4. The summed E-state index contributed by atoms with van der Waals surface area (Å²) < 4.78 is 10.4. The molecule has 0 spiro atoms. The summed E-state index contributed by atoms with van der Waals surface area (Å²) >= 11 is 0. The van der Waals surface area contributed by atoms with Crippen LogP contribution in [0.1, 0.15) is 50.9 Å². The van der Waals surface area contributed by atoms with Gasteiger partial charge in [0.25, 0.3) is 0 Å². The smallest absolute Gasteiger partial charge is 0.339 e. The van der Waals surface area contributed by atoms with Crippen molar-refractivity contribution in [3.05, 3.63) is 76.5 Å². The van der Waals surface area contributed by atoms with Gasteiger partial charge in [-0.15, -0.1) is 0 Å². The molecule has 29 heavy (non-hydrogen) atoms. The molecule has 0 N–H and O–H groups in total. The van der Waals surface area contributed by atoms with E-state index >= 15 is 0 Å². The zero-order valence-electron chi connectivity index (χ0n) is 16.6. The third-order valence-electron chi connectivity index (χ3n) is 5.45. The first-order chi connectivity index (χ1) is 14.1. The molecule has 3 aromatic rings. The molecule has 1 heterocycles. The number of fused-ring (bicyclic) bond motifs is 2. The van der Waals surface area contributed by atoms with Gasteiger partial charge in [0.2, 0.25) is 0 Å². The lowest BCUT2D eigenvalue weighted by Crippen LogP contribution is -2.19. The van der Waals surface area contributed by atoms with E-state index < -0.39 is 5.97 Å². The Hall–Kier alpha value is -3.21. The van der Waals surface area contributed by atoms with Crippen LogP contribution in [-0.2, 0) is 28.9 Å². The zero-order valence-corrected chi connectivity index (χ0v) is 16.6. The number of methoxy groups -OCH3 is 1. The number of esters is 2. The van der Waals surface area contributed by atoms with E-state index in [1.807, 2.05) is 24.3 Å². The summed E-state index contributed by atoms with van der Waals surface area (Å²) in [5, 5.41) is 0.839. The molecule has 1 aliphatic rings. The van der Waals surface area contributed by atoms with Crippen LogP contribution in [0.4, 0.5) is 0 Å². The van der Waals surface area contributed by atoms with Crippen LogP contribution < -0.4 is 0 Å². The van der Waals surface area contributed by atoms with Gasteiger partial charge in [-0.3, -0.25) is 4.98 Å². The third kappa shape index (κ3) is 3.86. The largest absolute Gasteiger partial charge is 0.465 e. The average Bonchev–Trinajstić information content (AvgIpc) is 2.75. The van der Waals surface area contributed by atoms with Crippen LogP contribution >= 0.6 is 0 Å². The number of para-hydroxylation sites is 1. The van der Waals surface area contributed by atoms with Crippen molar-refractivity contribution < 1.29 is 19.1 Å². The van der Waals surface area contributed by atoms with Crippen molar-refractivity contribution in [1.29, 1.82) is 0 Å². The monoisotopic (exact) mass is 389 g/mol. The molecule has 148 valence electrons. The van der Waals surface area contributed by atoms with Gasteiger partial charge in [0.05, 0.1) is 23.8 Å². The highest BCUT2D eigenvalue weighted by molar-refractivity contribution is 6.05. The summed E-state index contributed by atoms with van der Waals surface area (Å²) in [5.41, 5.74) is 4.78. The van der Waals surface area contributed by atoms with E-state index in [9.17, 15) is 9.59 Å². The number of aromatic nitrogens is 1. The van der Waals surface area contributed by atoms with Gasteiger partial charge in [-0.05, 0) is 54.5 Å². The molecule has 5 heteroatoms. The summed E-state index contributed by atoms with van der Waals surface area (Å²) in [6.07, 6.45) is 2.81. The summed E-state index contributed by atoms with van der Waals surface area (Å²) in [7, 11) is 1.35. The maximum absolute atomic E-state index is 13.1. The van der Waals surface area contributed by atoms with Crippen molar-refractivity contribution in [2.45, 2.75) is 32.8 Å². The van der Waals surface area contributed by atoms with Crippen molar-refractivity contribution in [2.75, 3.05) is 7.11 Å². The number of carbonyl (C=O) groups excluding carboxylic acids is 2. The number of pyridine rings is 1. The Kier molecular flexibility index (Phi) is 5.30. The predicted molar refractivity (Wildman–Crippen MR) is 110 cm³/mol. The van der Waals surface area contributed by atoms with E-state index in [1.54, 1.807) is 24.3 Å². The van der Waals surface area contributed by atoms with Gasteiger partial charge in [0.15, 0.2) is 0 Å². The van der Waals surface area contributed by atoms with Crippen LogP contribution in [0.15, 0.2) is 48.5 Å². The van der Waals surface area contributed by atoms with Gasteiger partial charge in [0.1, 0.15) is 6.61 Å². The van der Waals surface area contributed by atoms with Crippen molar-refractivity contribution in [3.63, 3.8) is 0 Å². The van der Waals surface area contributed by atoms with Crippen molar-refractivity contribution >= 4 is 22.8 Å². The van der Waals surface area contributed by atoms with Gasteiger partial charge in [-0.25, -0.2) is 9.59 Å². The SMILES string of the molecule is COC(=O)c1ccc(COC(=O)c2c3c(nc4ccccc24)CC[C@@H](C)C3)cc1. The molecule has 1 atom stereocenters. The number of aryl methyl sites for hydroxylation is 1. The molecule has 0 saturated heterocycles. The van der Waals surface area contributed by atoms with Crippen LogP contribution in [0.5, 0.6) is 0 Å². The summed E-state index contributed by atoms with van der Waals surface area (Å²) in [5.74, 6) is -0.202. The molecular formula is C24H23NO4. The summed E-state index contributed by atoms with van der Waals surface area (Å²) in [4.78, 5) is 29.5. The first-order valence-corrected chi connectivity index (χ1v) is 9.81. The van der Waals surface area contributed by atoms with E-state index in [-0.39, 0.29) is 12.6 Å². The van der Waals surface area contributed by atoms with E-state index in [0.29, 0.717) is 17.0 Å². The Balaban J connectivity index is 1.61. The molecule has 2 aromatic carbocycles. The van der Waals surface area contributed by atoms with Gasteiger partial charge >= 0.3 is 11.9 Å². The Labute approximate surface area is 169 Å². The fourth-order valence-corrected chi connectivity index (χ4v) is 3.87. The molecular weight excluding hydrogens is 366 g/mol. The van der Waals surface area contributed by atoms with E-state index in [1.165, 1.54) is 7.11 Å². The van der Waals surface area contributed by atoms with Crippen LogP contribution in [-0.4, -0.2) is 24.0 Å². The molecule has 0 bridgehead atoms. The molecule has 4 rings (SSSR count). The molecule has 0 saturated carbocycles. The average molecular weight is 389 g/mol. The highest BCUT2D eigenvalue weighted by Gasteiger charge is 2.26. The molecule has 0 radical (unpaired) electrons. The van der Waals surface area contributed by atoms with Gasteiger partial charge in [-0.2, -0.15) is 0 Å². The van der Waals surface area contributed by atoms with Crippen LogP contribution in [0, 0.1) is 5.92 Å². The maximum atomic E-state index is 13.1. The summed E-state index contributed by atoms with van der Waals surface area (Å²) in [6.45, 7) is 2.34. The molecule has 1 aromatic heterocycles. The second-order valence-electron chi connectivity index (χ2n) is 7.54. The van der Waals surface area contributed by atoms with Crippen LogP contribution in [0.25, 0.3) is 10.9 Å². The fourth-order valence-electron chi connectivity index (χ4n) is 3.87. The number of hydrogen-bond donors (Lipinski definition) is 0. The quantitative estimate of drug-likeness (QED) is 0.615. The van der Waals surface area contributed by atoms with Crippen molar-refractivity contribution in [3.8, 4) is 0 Å². The van der Waals surface area contributed by atoms with Crippen molar-refractivity contribution in [2.24, 2.45) is 5.92 Å². The standard InChI is InChI=1S/C24H23NO4/c1-15-7-12-21-19(13-15)22(18-5-3-4-6-20(18)25-21)24(27)29-14-16-8-10-17(11-9-16)23(26)28-2/h3-6,8-11,15H,7,12-14H2,1-2H3/t15-/m1/s1. The van der Waals surface area contributed by atoms with E-state index in [2.05, 4.69) is 6.92 Å². The fraction of sp³-hybridized carbons (Fsp3) is 0.292.